The summed E-state index contributed by atoms with van der Waals surface area (Å²) in [5.41, 5.74) is 3.43. The van der Waals surface area contributed by atoms with Crippen molar-refractivity contribution in [1.82, 2.24) is 0 Å². The number of amides is 1. The standard InChI is InChI=1S/C14H19NO/c1-14(2,3)13(16)15-12-8-7-10-5-4-6-11(10)9-12/h7-9H,4-6H2,1-3H3,(H,15,16). The summed E-state index contributed by atoms with van der Waals surface area (Å²) >= 11 is 0. The molecule has 1 aromatic rings. The van der Waals surface area contributed by atoms with Gasteiger partial charge in [0.05, 0.1) is 0 Å². The van der Waals surface area contributed by atoms with E-state index in [1.165, 1.54) is 24.0 Å². The molecule has 1 aromatic carbocycles. The lowest BCUT2D eigenvalue weighted by molar-refractivity contribution is -0.123. The van der Waals surface area contributed by atoms with E-state index in [-0.39, 0.29) is 11.3 Å². The molecule has 0 saturated heterocycles. The minimum Gasteiger partial charge on any atom is -0.326 e. The molecular weight excluding hydrogens is 198 g/mol. The summed E-state index contributed by atoms with van der Waals surface area (Å²) < 4.78 is 0. The van der Waals surface area contributed by atoms with E-state index in [9.17, 15) is 4.79 Å². The average molecular weight is 217 g/mol. The van der Waals surface area contributed by atoms with Crippen LogP contribution < -0.4 is 5.32 Å². The number of rotatable bonds is 1. The monoisotopic (exact) mass is 217 g/mol. The summed E-state index contributed by atoms with van der Waals surface area (Å²) in [4.78, 5) is 11.8. The molecule has 0 heterocycles. The van der Waals surface area contributed by atoms with E-state index in [0.717, 1.165) is 12.1 Å². The Labute approximate surface area is 97.1 Å². The van der Waals surface area contributed by atoms with Crippen LogP contribution in [0.1, 0.15) is 38.3 Å². The zero-order valence-corrected chi connectivity index (χ0v) is 10.3. The van der Waals surface area contributed by atoms with Gasteiger partial charge in [0, 0.05) is 11.1 Å². The summed E-state index contributed by atoms with van der Waals surface area (Å²) in [6.07, 6.45) is 3.57. The maximum absolute atomic E-state index is 11.8. The Morgan fingerprint density at radius 2 is 1.88 bits per heavy atom. The Balaban J connectivity index is 2.14. The predicted octanol–water partition coefficient (Wildman–Crippen LogP) is 3.16. The Bertz CT molecular complexity index is 415. The Morgan fingerprint density at radius 3 is 2.56 bits per heavy atom. The van der Waals surface area contributed by atoms with Crippen LogP contribution in [0.3, 0.4) is 0 Å². The molecule has 0 atom stereocenters. The van der Waals surface area contributed by atoms with Gasteiger partial charge < -0.3 is 5.32 Å². The van der Waals surface area contributed by atoms with Gasteiger partial charge in [0.25, 0.3) is 0 Å². The third-order valence-electron chi connectivity index (χ3n) is 3.04. The van der Waals surface area contributed by atoms with Crippen molar-refractivity contribution in [2.45, 2.75) is 40.0 Å². The number of nitrogens with one attached hydrogen (secondary N) is 1. The quantitative estimate of drug-likeness (QED) is 0.769. The van der Waals surface area contributed by atoms with Crippen molar-refractivity contribution >= 4 is 11.6 Å². The van der Waals surface area contributed by atoms with E-state index in [1.807, 2.05) is 26.8 Å². The molecule has 1 N–H and O–H groups in total. The lowest BCUT2D eigenvalue weighted by atomic mass is 9.95. The second kappa shape index (κ2) is 3.93. The summed E-state index contributed by atoms with van der Waals surface area (Å²) in [6.45, 7) is 5.78. The van der Waals surface area contributed by atoms with Gasteiger partial charge in [0.15, 0.2) is 0 Å². The zero-order valence-electron chi connectivity index (χ0n) is 10.3. The first kappa shape index (κ1) is 11.2. The molecule has 0 aliphatic heterocycles. The van der Waals surface area contributed by atoms with E-state index in [2.05, 4.69) is 17.4 Å². The van der Waals surface area contributed by atoms with Crippen molar-refractivity contribution < 1.29 is 4.79 Å². The van der Waals surface area contributed by atoms with Gasteiger partial charge in [0.1, 0.15) is 0 Å². The van der Waals surface area contributed by atoms with E-state index < -0.39 is 0 Å². The Kier molecular flexibility index (Phi) is 2.75. The van der Waals surface area contributed by atoms with Crippen LogP contribution in [0.4, 0.5) is 5.69 Å². The van der Waals surface area contributed by atoms with Gasteiger partial charge in [-0.2, -0.15) is 0 Å². The topological polar surface area (TPSA) is 29.1 Å². The maximum atomic E-state index is 11.8. The SMILES string of the molecule is CC(C)(C)C(=O)Nc1ccc2c(c1)CCC2. The van der Waals surface area contributed by atoms with Gasteiger partial charge in [0.2, 0.25) is 5.91 Å². The summed E-state index contributed by atoms with van der Waals surface area (Å²) in [6, 6.07) is 6.26. The fraction of sp³-hybridized carbons (Fsp3) is 0.500. The lowest BCUT2D eigenvalue weighted by Gasteiger charge is -2.18. The first-order chi connectivity index (χ1) is 7.47. The fourth-order valence-corrected chi connectivity index (χ4v) is 1.97. The molecule has 1 amide bonds. The third-order valence-corrected chi connectivity index (χ3v) is 3.04. The van der Waals surface area contributed by atoms with E-state index >= 15 is 0 Å². The molecule has 0 fully saturated rings. The molecule has 0 aromatic heterocycles. The highest BCUT2D eigenvalue weighted by atomic mass is 16.2. The van der Waals surface area contributed by atoms with Gasteiger partial charge in [-0.25, -0.2) is 0 Å². The fourth-order valence-electron chi connectivity index (χ4n) is 1.97. The highest BCUT2D eigenvalue weighted by Gasteiger charge is 2.21. The average Bonchev–Trinajstić information content (AvgIpc) is 2.63. The molecule has 1 aliphatic carbocycles. The number of aryl methyl sites for hydroxylation is 2. The highest BCUT2D eigenvalue weighted by Crippen LogP contribution is 2.26. The van der Waals surface area contributed by atoms with Crippen LogP contribution in [0.15, 0.2) is 18.2 Å². The molecule has 86 valence electrons. The van der Waals surface area contributed by atoms with E-state index in [4.69, 9.17) is 0 Å². The summed E-state index contributed by atoms with van der Waals surface area (Å²) in [5, 5.41) is 2.97. The molecule has 0 unspecified atom stereocenters. The first-order valence-corrected chi connectivity index (χ1v) is 5.90. The molecule has 0 saturated carbocycles. The van der Waals surface area contributed by atoms with Crippen LogP contribution in [0.2, 0.25) is 0 Å². The van der Waals surface area contributed by atoms with Gasteiger partial charge in [-0.3, -0.25) is 4.79 Å². The van der Waals surface area contributed by atoms with Crippen molar-refractivity contribution in [3.63, 3.8) is 0 Å². The summed E-state index contributed by atoms with van der Waals surface area (Å²) in [7, 11) is 0. The number of carbonyl (C=O) groups is 1. The predicted molar refractivity (Wildman–Crippen MR) is 66.6 cm³/mol. The second-order valence-corrected chi connectivity index (χ2v) is 5.54. The van der Waals surface area contributed by atoms with E-state index in [1.54, 1.807) is 0 Å². The number of hydrogen-bond donors (Lipinski definition) is 1. The largest absolute Gasteiger partial charge is 0.326 e. The van der Waals surface area contributed by atoms with Crippen LogP contribution in [0.25, 0.3) is 0 Å². The highest BCUT2D eigenvalue weighted by molar-refractivity contribution is 5.94. The van der Waals surface area contributed by atoms with Crippen molar-refractivity contribution in [3.05, 3.63) is 29.3 Å². The van der Waals surface area contributed by atoms with Crippen LogP contribution in [-0.4, -0.2) is 5.91 Å². The van der Waals surface area contributed by atoms with Crippen molar-refractivity contribution in [1.29, 1.82) is 0 Å². The minimum absolute atomic E-state index is 0.0745. The number of benzene rings is 1. The number of carbonyl (C=O) groups excluding carboxylic acids is 1. The van der Waals surface area contributed by atoms with Crippen LogP contribution in [0, 0.1) is 5.41 Å². The second-order valence-electron chi connectivity index (χ2n) is 5.54. The van der Waals surface area contributed by atoms with Gasteiger partial charge in [-0.1, -0.05) is 26.8 Å². The first-order valence-electron chi connectivity index (χ1n) is 5.90. The molecule has 0 spiro atoms. The Morgan fingerprint density at radius 1 is 1.19 bits per heavy atom. The van der Waals surface area contributed by atoms with Crippen LogP contribution in [-0.2, 0) is 17.6 Å². The number of anilines is 1. The molecule has 2 nitrogen and oxygen atoms in total. The van der Waals surface area contributed by atoms with Gasteiger partial charge in [-0.05, 0) is 42.5 Å². The normalized spacial score (nSPS) is 14.7. The van der Waals surface area contributed by atoms with Gasteiger partial charge >= 0.3 is 0 Å². The molecule has 2 heteroatoms. The number of fused-ring (bicyclic) bond motifs is 1. The molecule has 0 bridgehead atoms. The molecule has 0 radical (unpaired) electrons. The zero-order chi connectivity index (χ0) is 11.8. The molecule has 16 heavy (non-hydrogen) atoms. The Hall–Kier alpha value is -1.31. The molecule has 2 rings (SSSR count). The van der Waals surface area contributed by atoms with Gasteiger partial charge in [-0.15, -0.1) is 0 Å². The minimum atomic E-state index is -0.334. The van der Waals surface area contributed by atoms with Crippen LogP contribution in [0.5, 0.6) is 0 Å². The van der Waals surface area contributed by atoms with Crippen LogP contribution >= 0.6 is 0 Å². The van der Waals surface area contributed by atoms with Crippen molar-refractivity contribution in [2.24, 2.45) is 5.41 Å². The van der Waals surface area contributed by atoms with Crippen molar-refractivity contribution in [3.8, 4) is 0 Å². The molecule has 1 aliphatic rings. The smallest absolute Gasteiger partial charge is 0.229 e. The molecular formula is C14H19NO. The van der Waals surface area contributed by atoms with E-state index in [0.29, 0.717) is 0 Å². The maximum Gasteiger partial charge on any atom is 0.229 e. The lowest BCUT2D eigenvalue weighted by Crippen LogP contribution is -2.27. The summed E-state index contributed by atoms with van der Waals surface area (Å²) in [5.74, 6) is 0.0745. The third kappa shape index (κ3) is 2.26. The number of hydrogen-bond acceptors (Lipinski definition) is 1. The van der Waals surface area contributed by atoms with Crippen molar-refractivity contribution in [2.75, 3.05) is 5.32 Å².